The summed E-state index contributed by atoms with van der Waals surface area (Å²) in [6, 6.07) is 1.64. The van der Waals surface area contributed by atoms with E-state index in [-0.39, 0.29) is 23.0 Å². The van der Waals surface area contributed by atoms with E-state index in [9.17, 15) is 14.4 Å². The van der Waals surface area contributed by atoms with Crippen LogP contribution in [0.1, 0.15) is 63.1 Å². The van der Waals surface area contributed by atoms with E-state index >= 15 is 0 Å². The summed E-state index contributed by atoms with van der Waals surface area (Å²) in [5.74, 6) is -0.547. The van der Waals surface area contributed by atoms with E-state index in [1.54, 1.807) is 6.07 Å². The van der Waals surface area contributed by atoms with Crippen molar-refractivity contribution in [3.63, 3.8) is 0 Å². The Hall–Kier alpha value is -2.10. The molecule has 98 valence electrons. The first-order valence-electron chi connectivity index (χ1n) is 6.43. The zero-order valence-electron chi connectivity index (χ0n) is 10.8. The van der Waals surface area contributed by atoms with Gasteiger partial charge in [0.2, 0.25) is 5.78 Å². The van der Waals surface area contributed by atoms with Gasteiger partial charge >= 0.3 is 0 Å². The highest BCUT2D eigenvalue weighted by atomic mass is 16.1. The summed E-state index contributed by atoms with van der Waals surface area (Å²) in [6.07, 6.45) is 6.88. The molecule has 1 aromatic rings. The van der Waals surface area contributed by atoms with Crippen LogP contribution in [-0.4, -0.2) is 22.8 Å². The number of aromatic nitrogens is 1. The Balaban J connectivity index is 2.41. The van der Waals surface area contributed by atoms with Crippen molar-refractivity contribution in [1.82, 2.24) is 4.98 Å². The molecule has 0 amide bonds. The highest BCUT2D eigenvalue weighted by Gasteiger charge is 2.22. The third-order valence-electron chi connectivity index (χ3n) is 3.18. The van der Waals surface area contributed by atoms with Crippen molar-refractivity contribution in [2.75, 3.05) is 0 Å². The number of fused-ring (bicyclic) bond motifs is 1. The predicted octanol–water partition coefficient (Wildman–Crippen LogP) is 2.56. The molecule has 0 bridgehead atoms. The van der Waals surface area contributed by atoms with Crippen LogP contribution in [0.2, 0.25) is 0 Å². The van der Waals surface area contributed by atoms with E-state index in [1.165, 1.54) is 12.2 Å². The number of rotatable bonds is 5. The Morgan fingerprint density at radius 1 is 1.16 bits per heavy atom. The molecule has 0 radical (unpaired) electrons. The number of pyridine rings is 1. The Bertz CT molecular complexity index is 573. The normalized spacial score (nSPS) is 13.5. The number of nitrogens with zero attached hydrogens (tertiary/aromatic N) is 1. The molecule has 1 heterocycles. The highest BCUT2D eigenvalue weighted by Crippen LogP contribution is 2.20. The largest absolute Gasteiger partial charge is 0.296 e. The standard InChI is InChI=1S/C15H15NO3/c1-2-3-4-5-10-8-11-13(18)6-7-14(19)15(11)16-12(10)9-17/h6-9H,2-5H2,1H3. The van der Waals surface area contributed by atoms with Crippen molar-refractivity contribution < 1.29 is 14.4 Å². The molecule has 2 rings (SSSR count). The van der Waals surface area contributed by atoms with Gasteiger partial charge in [0.25, 0.3) is 0 Å². The maximum absolute atomic E-state index is 11.7. The zero-order valence-corrected chi connectivity index (χ0v) is 10.8. The lowest BCUT2D eigenvalue weighted by Gasteiger charge is -2.12. The van der Waals surface area contributed by atoms with Crippen LogP contribution in [0.4, 0.5) is 0 Å². The molecule has 1 aliphatic carbocycles. The van der Waals surface area contributed by atoms with Gasteiger partial charge in [-0.3, -0.25) is 14.4 Å². The molecule has 0 fully saturated rings. The number of allylic oxidation sites excluding steroid dienone is 2. The average Bonchev–Trinajstić information content (AvgIpc) is 2.43. The number of aldehydes is 1. The number of carbonyl (C=O) groups is 3. The smallest absolute Gasteiger partial charge is 0.205 e. The second kappa shape index (κ2) is 5.69. The summed E-state index contributed by atoms with van der Waals surface area (Å²) in [5, 5.41) is 0. The van der Waals surface area contributed by atoms with E-state index in [2.05, 4.69) is 11.9 Å². The number of aryl methyl sites for hydroxylation is 1. The Morgan fingerprint density at radius 2 is 1.89 bits per heavy atom. The van der Waals surface area contributed by atoms with Crippen molar-refractivity contribution in [3.8, 4) is 0 Å². The van der Waals surface area contributed by atoms with Gasteiger partial charge in [0.05, 0.1) is 5.56 Å². The Labute approximate surface area is 111 Å². The van der Waals surface area contributed by atoms with Crippen LogP contribution in [0.3, 0.4) is 0 Å². The number of carbonyl (C=O) groups excluding carboxylic acids is 3. The first kappa shape index (κ1) is 13.3. The molecule has 0 aliphatic heterocycles. The molecule has 19 heavy (non-hydrogen) atoms. The van der Waals surface area contributed by atoms with Crippen LogP contribution in [0.25, 0.3) is 0 Å². The summed E-state index contributed by atoms with van der Waals surface area (Å²) in [7, 11) is 0. The number of ketones is 2. The Morgan fingerprint density at radius 3 is 2.58 bits per heavy atom. The van der Waals surface area contributed by atoms with E-state index in [1.807, 2.05) is 0 Å². The van der Waals surface area contributed by atoms with Crippen LogP contribution in [0, 0.1) is 0 Å². The molecular formula is C15H15NO3. The van der Waals surface area contributed by atoms with Gasteiger partial charge < -0.3 is 0 Å². The third kappa shape index (κ3) is 2.67. The lowest BCUT2D eigenvalue weighted by atomic mass is 9.95. The third-order valence-corrected chi connectivity index (χ3v) is 3.18. The summed E-state index contributed by atoms with van der Waals surface area (Å²) in [4.78, 5) is 38.5. The van der Waals surface area contributed by atoms with E-state index in [0.717, 1.165) is 24.8 Å². The fourth-order valence-corrected chi connectivity index (χ4v) is 2.13. The molecule has 0 spiro atoms. The van der Waals surface area contributed by atoms with Crippen LogP contribution in [-0.2, 0) is 6.42 Å². The lowest BCUT2D eigenvalue weighted by Crippen LogP contribution is -2.16. The van der Waals surface area contributed by atoms with Gasteiger partial charge in [-0.05, 0) is 36.6 Å². The second-order valence-electron chi connectivity index (χ2n) is 4.57. The maximum Gasteiger partial charge on any atom is 0.205 e. The minimum absolute atomic E-state index is 0.0915. The summed E-state index contributed by atoms with van der Waals surface area (Å²) < 4.78 is 0. The molecule has 0 saturated heterocycles. The van der Waals surface area contributed by atoms with E-state index in [4.69, 9.17) is 0 Å². The van der Waals surface area contributed by atoms with Gasteiger partial charge in [-0.25, -0.2) is 4.98 Å². The topological polar surface area (TPSA) is 64.1 Å². The van der Waals surface area contributed by atoms with Crippen LogP contribution < -0.4 is 0 Å². The molecule has 0 aromatic carbocycles. The van der Waals surface area contributed by atoms with Gasteiger partial charge in [-0.15, -0.1) is 0 Å². The van der Waals surface area contributed by atoms with E-state index in [0.29, 0.717) is 18.3 Å². The van der Waals surface area contributed by atoms with Crippen molar-refractivity contribution in [3.05, 3.63) is 40.7 Å². The number of hydrogen-bond donors (Lipinski definition) is 0. The van der Waals surface area contributed by atoms with Crippen LogP contribution >= 0.6 is 0 Å². The van der Waals surface area contributed by atoms with Crippen LogP contribution in [0.15, 0.2) is 18.2 Å². The average molecular weight is 257 g/mol. The monoisotopic (exact) mass is 257 g/mol. The fraction of sp³-hybridized carbons (Fsp3) is 0.333. The van der Waals surface area contributed by atoms with Gasteiger partial charge in [-0.1, -0.05) is 19.8 Å². The second-order valence-corrected chi connectivity index (χ2v) is 4.57. The Kier molecular flexibility index (Phi) is 4.00. The summed E-state index contributed by atoms with van der Waals surface area (Å²) in [6.45, 7) is 2.10. The number of hydrogen-bond acceptors (Lipinski definition) is 4. The molecule has 0 saturated carbocycles. The summed E-state index contributed by atoms with van der Waals surface area (Å²) >= 11 is 0. The molecular weight excluding hydrogens is 242 g/mol. The number of unbranched alkanes of at least 4 members (excludes halogenated alkanes) is 2. The fourth-order valence-electron chi connectivity index (χ4n) is 2.13. The predicted molar refractivity (Wildman–Crippen MR) is 70.7 cm³/mol. The van der Waals surface area contributed by atoms with Crippen molar-refractivity contribution in [2.45, 2.75) is 32.6 Å². The highest BCUT2D eigenvalue weighted by molar-refractivity contribution is 6.21. The molecule has 4 nitrogen and oxygen atoms in total. The van der Waals surface area contributed by atoms with Gasteiger partial charge in [0.15, 0.2) is 12.1 Å². The first-order valence-corrected chi connectivity index (χ1v) is 6.43. The first-order chi connectivity index (χ1) is 9.17. The molecule has 1 aromatic heterocycles. The molecule has 0 unspecified atom stereocenters. The molecule has 1 aliphatic rings. The van der Waals surface area contributed by atoms with Crippen molar-refractivity contribution in [1.29, 1.82) is 0 Å². The van der Waals surface area contributed by atoms with Crippen LogP contribution in [0.5, 0.6) is 0 Å². The van der Waals surface area contributed by atoms with E-state index < -0.39 is 0 Å². The summed E-state index contributed by atoms with van der Waals surface area (Å²) in [5.41, 5.74) is 1.42. The maximum atomic E-state index is 11.7. The zero-order chi connectivity index (χ0) is 13.8. The molecule has 4 heteroatoms. The van der Waals surface area contributed by atoms with Crippen molar-refractivity contribution in [2.24, 2.45) is 0 Å². The SMILES string of the molecule is CCCCCc1cc2c(nc1C=O)C(=O)C=CC2=O. The quantitative estimate of drug-likeness (QED) is 0.600. The van der Waals surface area contributed by atoms with Crippen molar-refractivity contribution >= 4 is 17.9 Å². The lowest BCUT2D eigenvalue weighted by molar-refractivity contribution is 0.0989. The molecule has 0 N–H and O–H groups in total. The van der Waals surface area contributed by atoms with Gasteiger partial charge in [0, 0.05) is 0 Å². The van der Waals surface area contributed by atoms with Gasteiger partial charge in [0.1, 0.15) is 11.4 Å². The minimum Gasteiger partial charge on any atom is -0.296 e. The minimum atomic E-state index is -0.321. The van der Waals surface area contributed by atoms with Gasteiger partial charge in [-0.2, -0.15) is 0 Å². The molecule has 0 atom stereocenters.